The average molecular weight is 365 g/mol. The third-order valence-corrected chi connectivity index (χ3v) is 5.44. The van der Waals surface area contributed by atoms with Gasteiger partial charge in [-0.2, -0.15) is 5.26 Å². The number of hydrogen-bond donors (Lipinski definition) is 1. The number of nitrogens with one attached hydrogen (secondary N) is 1. The van der Waals surface area contributed by atoms with Gasteiger partial charge in [0.15, 0.2) is 0 Å². The van der Waals surface area contributed by atoms with Gasteiger partial charge in [0.25, 0.3) is 10.0 Å². The van der Waals surface area contributed by atoms with Crippen LogP contribution in [0.25, 0.3) is 10.9 Å². The van der Waals surface area contributed by atoms with Crippen LogP contribution >= 0.6 is 0 Å². The van der Waals surface area contributed by atoms with Crippen LogP contribution in [0, 0.1) is 18.3 Å². The highest BCUT2D eigenvalue weighted by atomic mass is 32.2. The van der Waals surface area contributed by atoms with E-state index in [1.807, 2.05) is 6.07 Å². The van der Waals surface area contributed by atoms with E-state index >= 15 is 0 Å². The van der Waals surface area contributed by atoms with E-state index < -0.39 is 15.9 Å². The summed E-state index contributed by atoms with van der Waals surface area (Å²) >= 11 is 0. The second-order valence-electron chi connectivity index (χ2n) is 5.80. The number of nitriles is 1. The molecule has 0 fully saturated rings. The van der Waals surface area contributed by atoms with E-state index in [9.17, 15) is 13.2 Å². The summed E-state index contributed by atoms with van der Waals surface area (Å²) in [5.41, 5.74) is 1.92. The van der Waals surface area contributed by atoms with Crippen molar-refractivity contribution in [3.05, 3.63) is 71.4 Å². The van der Waals surface area contributed by atoms with Gasteiger partial charge in [0.05, 0.1) is 23.6 Å². The molecule has 1 heterocycles. The van der Waals surface area contributed by atoms with Crippen LogP contribution in [0.2, 0.25) is 0 Å². The Balaban J connectivity index is 1.88. The highest BCUT2D eigenvalue weighted by molar-refractivity contribution is 7.90. The Labute approximate surface area is 151 Å². The van der Waals surface area contributed by atoms with E-state index in [0.717, 1.165) is 0 Å². The van der Waals surface area contributed by atoms with Gasteiger partial charge >= 0.3 is 0 Å². The molecule has 1 amide bonds. The van der Waals surface area contributed by atoms with Gasteiger partial charge in [-0.1, -0.05) is 30.3 Å². The van der Waals surface area contributed by atoms with E-state index in [0.29, 0.717) is 27.6 Å². The second kappa shape index (κ2) is 6.94. The van der Waals surface area contributed by atoms with Crippen molar-refractivity contribution >= 4 is 26.8 Å². The van der Waals surface area contributed by atoms with E-state index in [-0.39, 0.29) is 11.3 Å². The first-order valence-corrected chi connectivity index (χ1v) is 9.28. The van der Waals surface area contributed by atoms with Crippen molar-refractivity contribution in [3.63, 3.8) is 0 Å². The highest BCUT2D eigenvalue weighted by Crippen LogP contribution is 2.24. The van der Waals surface area contributed by atoms with Crippen LogP contribution in [0.5, 0.6) is 0 Å². The highest BCUT2D eigenvalue weighted by Gasteiger charge is 2.23. The number of nitrogens with zero attached hydrogens (tertiary/aromatic N) is 2. The van der Waals surface area contributed by atoms with Crippen LogP contribution in [0.4, 0.5) is 0 Å². The second-order valence-corrected chi connectivity index (χ2v) is 7.42. The maximum atomic E-state index is 12.8. The van der Waals surface area contributed by atoms with Gasteiger partial charge in [-0.25, -0.2) is 13.1 Å². The van der Waals surface area contributed by atoms with Gasteiger partial charge in [0, 0.05) is 11.6 Å². The number of carbonyl (C=O) groups excluding carboxylic acids is 1. The van der Waals surface area contributed by atoms with Gasteiger partial charge in [0.2, 0.25) is 5.91 Å². The summed E-state index contributed by atoms with van der Waals surface area (Å²) in [6, 6.07) is 15.3. The Morgan fingerprint density at radius 2 is 1.88 bits per heavy atom. The summed E-state index contributed by atoms with van der Waals surface area (Å²) in [5.74, 6) is -0.651. The Bertz CT molecular complexity index is 1130. The number of aryl methyl sites for hydroxylation is 1. The molecule has 6 nitrogen and oxygen atoms in total. The molecule has 1 N–H and O–H groups in total. The summed E-state index contributed by atoms with van der Waals surface area (Å²) in [6.07, 6.45) is 1.40. The fourth-order valence-corrected chi connectivity index (χ4v) is 4.07. The maximum Gasteiger partial charge on any atom is 0.266 e. The molecule has 0 saturated heterocycles. The number of amides is 1. The van der Waals surface area contributed by atoms with Gasteiger partial charge < -0.3 is 0 Å². The lowest BCUT2D eigenvalue weighted by Gasteiger charge is -2.11. The quantitative estimate of drug-likeness (QED) is 0.765. The molecule has 130 valence electrons. The number of rotatable bonds is 4. The van der Waals surface area contributed by atoms with Crippen LogP contribution in [-0.2, 0) is 21.2 Å². The summed E-state index contributed by atoms with van der Waals surface area (Å²) in [7, 11) is -4.06. The van der Waals surface area contributed by atoms with Crippen LogP contribution < -0.4 is 4.72 Å². The zero-order valence-corrected chi connectivity index (χ0v) is 14.7. The SMILES string of the molecule is Cc1ccc2cccnc2c1S(=O)(=O)NC(=O)Cc1ccc(C#N)cc1. The van der Waals surface area contributed by atoms with Crippen molar-refractivity contribution < 1.29 is 13.2 Å². The first kappa shape index (κ1) is 17.6. The molecule has 0 atom stereocenters. The molecule has 2 aromatic carbocycles. The Hall–Kier alpha value is -3.24. The molecule has 0 spiro atoms. The van der Waals surface area contributed by atoms with Crippen molar-refractivity contribution in [1.82, 2.24) is 9.71 Å². The molecule has 0 saturated carbocycles. The largest absolute Gasteiger partial charge is 0.274 e. The molecule has 0 radical (unpaired) electrons. The predicted octanol–water partition coefficient (Wildman–Crippen LogP) is 2.46. The molecule has 1 aromatic heterocycles. The molecule has 0 bridgehead atoms. The van der Waals surface area contributed by atoms with E-state index in [1.165, 1.54) is 6.20 Å². The van der Waals surface area contributed by atoms with Crippen LogP contribution in [-0.4, -0.2) is 19.3 Å². The minimum absolute atomic E-state index is 0.00350. The lowest BCUT2D eigenvalue weighted by atomic mass is 10.1. The number of pyridine rings is 1. The fraction of sp³-hybridized carbons (Fsp3) is 0.105. The number of carbonyl (C=O) groups is 1. The van der Waals surface area contributed by atoms with Crippen molar-refractivity contribution in [2.24, 2.45) is 0 Å². The molecular formula is C19H15N3O3S. The minimum atomic E-state index is -4.06. The monoisotopic (exact) mass is 365 g/mol. The summed E-state index contributed by atoms with van der Waals surface area (Å²) < 4.78 is 27.6. The van der Waals surface area contributed by atoms with Gasteiger partial charge in [-0.3, -0.25) is 9.78 Å². The first-order valence-electron chi connectivity index (χ1n) is 7.80. The maximum absolute atomic E-state index is 12.8. The van der Waals surface area contributed by atoms with E-state index in [2.05, 4.69) is 9.71 Å². The van der Waals surface area contributed by atoms with Gasteiger partial charge in [-0.15, -0.1) is 0 Å². The molecule has 0 aliphatic carbocycles. The van der Waals surface area contributed by atoms with E-state index in [4.69, 9.17) is 5.26 Å². The summed E-state index contributed by atoms with van der Waals surface area (Å²) in [4.78, 5) is 16.4. The molecule has 26 heavy (non-hydrogen) atoms. The minimum Gasteiger partial charge on any atom is -0.274 e. The fourth-order valence-electron chi connectivity index (χ4n) is 2.68. The standard InChI is InChI=1S/C19H15N3O3S/c1-13-4-9-16-3-2-10-21-18(16)19(13)26(24,25)22-17(23)11-14-5-7-15(12-20)8-6-14/h2-10H,11H2,1H3,(H,22,23). The van der Waals surface area contributed by atoms with Gasteiger partial charge in [0.1, 0.15) is 4.90 Å². The Kier molecular flexibility index (Phi) is 4.69. The third kappa shape index (κ3) is 3.55. The van der Waals surface area contributed by atoms with E-state index in [1.54, 1.807) is 55.5 Å². The topological polar surface area (TPSA) is 99.9 Å². The number of hydrogen-bond acceptors (Lipinski definition) is 5. The lowest BCUT2D eigenvalue weighted by Crippen LogP contribution is -2.32. The van der Waals surface area contributed by atoms with Crippen molar-refractivity contribution in [3.8, 4) is 6.07 Å². The Morgan fingerprint density at radius 3 is 2.58 bits per heavy atom. The van der Waals surface area contributed by atoms with Crippen molar-refractivity contribution in [2.45, 2.75) is 18.2 Å². The van der Waals surface area contributed by atoms with Crippen LogP contribution in [0.3, 0.4) is 0 Å². The predicted molar refractivity (Wildman–Crippen MR) is 96.7 cm³/mol. The molecule has 3 rings (SSSR count). The zero-order valence-electron chi connectivity index (χ0n) is 13.9. The molecule has 3 aromatic rings. The van der Waals surface area contributed by atoms with Crippen LogP contribution in [0.15, 0.2) is 59.6 Å². The number of sulfonamides is 1. The average Bonchev–Trinajstić information content (AvgIpc) is 2.61. The Morgan fingerprint density at radius 1 is 1.15 bits per heavy atom. The molecule has 0 aliphatic heterocycles. The lowest BCUT2D eigenvalue weighted by molar-refractivity contribution is -0.118. The summed E-state index contributed by atoms with van der Waals surface area (Å²) in [5, 5.41) is 9.47. The smallest absolute Gasteiger partial charge is 0.266 e. The third-order valence-electron chi connectivity index (χ3n) is 3.89. The van der Waals surface area contributed by atoms with Crippen molar-refractivity contribution in [1.29, 1.82) is 5.26 Å². The normalized spacial score (nSPS) is 11.1. The first-order chi connectivity index (χ1) is 12.4. The number of fused-ring (bicyclic) bond motifs is 1. The molecule has 0 unspecified atom stereocenters. The number of benzene rings is 2. The van der Waals surface area contributed by atoms with Crippen LogP contribution in [0.1, 0.15) is 16.7 Å². The van der Waals surface area contributed by atoms with Gasteiger partial charge in [-0.05, 0) is 36.2 Å². The zero-order chi connectivity index (χ0) is 18.7. The van der Waals surface area contributed by atoms with Crippen molar-refractivity contribution in [2.75, 3.05) is 0 Å². The molecule has 7 heteroatoms. The summed E-state index contributed by atoms with van der Waals surface area (Å²) in [6.45, 7) is 1.66. The number of aromatic nitrogens is 1. The molecule has 0 aliphatic rings. The molecular weight excluding hydrogens is 350 g/mol.